The molecule has 0 bridgehead atoms. The largest absolute Gasteiger partial charge is 0.330 e. The summed E-state index contributed by atoms with van der Waals surface area (Å²) in [6.07, 6.45) is 4.15. The maximum atomic E-state index is 11.3. The molecular weight excluding hydrogens is 154 g/mol. The first-order valence-electron chi connectivity index (χ1n) is 3.87. The van der Waals surface area contributed by atoms with Crippen molar-refractivity contribution in [3.8, 4) is 0 Å². The quantitative estimate of drug-likeness (QED) is 0.668. The molecule has 0 aromatic carbocycles. The lowest BCUT2D eigenvalue weighted by molar-refractivity contribution is 0.966. The van der Waals surface area contributed by atoms with E-state index in [1.54, 1.807) is 18.5 Å². The summed E-state index contributed by atoms with van der Waals surface area (Å²) in [6.45, 7) is 1.97. The maximum Gasteiger partial charge on any atom is 0.259 e. The molecule has 0 aliphatic carbocycles. The Hall–Kier alpha value is -1.58. The van der Waals surface area contributed by atoms with Gasteiger partial charge in [-0.15, -0.1) is 0 Å². The van der Waals surface area contributed by atoms with E-state index in [4.69, 9.17) is 0 Å². The summed E-state index contributed by atoms with van der Waals surface area (Å²) >= 11 is 0. The second-order valence-electron chi connectivity index (χ2n) is 2.59. The predicted octanol–water partition coefficient (Wildman–Crippen LogP) is 0.585. The van der Waals surface area contributed by atoms with Gasteiger partial charge in [-0.25, -0.2) is 4.98 Å². The van der Waals surface area contributed by atoms with E-state index in [-0.39, 0.29) is 5.56 Å². The molecule has 2 aromatic rings. The fourth-order valence-electron chi connectivity index (χ4n) is 1.15. The summed E-state index contributed by atoms with van der Waals surface area (Å²) in [5.74, 6) is 0.611. The molecule has 2 aromatic heterocycles. The van der Waals surface area contributed by atoms with E-state index in [1.165, 1.54) is 4.40 Å². The monoisotopic (exact) mass is 163 g/mol. The molecule has 4 heteroatoms. The van der Waals surface area contributed by atoms with Crippen LogP contribution in [0, 0.1) is 0 Å². The van der Waals surface area contributed by atoms with Crippen LogP contribution in [0.15, 0.2) is 23.3 Å². The molecule has 0 unspecified atom stereocenters. The molecule has 12 heavy (non-hydrogen) atoms. The first-order chi connectivity index (χ1) is 5.81. The molecule has 4 nitrogen and oxygen atoms in total. The lowest BCUT2D eigenvalue weighted by atomic mass is 10.3. The van der Waals surface area contributed by atoms with Crippen molar-refractivity contribution in [2.45, 2.75) is 13.3 Å². The number of hydrogen-bond acceptors (Lipinski definition) is 2. The van der Waals surface area contributed by atoms with Crippen LogP contribution in [0.4, 0.5) is 0 Å². The first kappa shape index (κ1) is 7.09. The molecule has 0 fully saturated rings. The van der Waals surface area contributed by atoms with Crippen LogP contribution in [0.5, 0.6) is 0 Å². The molecule has 0 saturated carbocycles. The van der Waals surface area contributed by atoms with Crippen molar-refractivity contribution in [1.29, 1.82) is 0 Å². The fourth-order valence-corrected chi connectivity index (χ4v) is 1.15. The molecule has 0 spiro atoms. The number of imidazole rings is 1. The number of fused-ring (bicyclic) bond motifs is 1. The molecule has 0 aliphatic heterocycles. The normalized spacial score (nSPS) is 10.8. The van der Waals surface area contributed by atoms with Crippen LogP contribution in [-0.2, 0) is 6.42 Å². The Morgan fingerprint density at radius 1 is 1.67 bits per heavy atom. The Balaban J connectivity index is 2.84. The van der Waals surface area contributed by atoms with E-state index in [0.29, 0.717) is 5.78 Å². The zero-order valence-corrected chi connectivity index (χ0v) is 6.74. The van der Waals surface area contributed by atoms with Gasteiger partial charge in [-0.05, 0) is 6.42 Å². The van der Waals surface area contributed by atoms with Crippen LogP contribution < -0.4 is 5.56 Å². The molecule has 0 radical (unpaired) electrons. The summed E-state index contributed by atoms with van der Waals surface area (Å²) in [4.78, 5) is 18.4. The Morgan fingerprint density at radius 2 is 2.50 bits per heavy atom. The Morgan fingerprint density at radius 3 is 3.25 bits per heavy atom. The van der Waals surface area contributed by atoms with Crippen LogP contribution in [0.3, 0.4) is 0 Å². The Bertz CT molecular complexity index is 455. The summed E-state index contributed by atoms with van der Waals surface area (Å²) in [6, 6.07) is 1.56. The topological polar surface area (TPSA) is 50.2 Å². The highest BCUT2D eigenvalue weighted by Crippen LogP contribution is 1.95. The van der Waals surface area contributed by atoms with E-state index in [9.17, 15) is 4.79 Å². The van der Waals surface area contributed by atoms with Gasteiger partial charge in [0.25, 0.3) is 5.56 Å². The van der Waals surface area contributed by atoms with E-state index in [1.807, 2.05) is 6.92 Å². The number of nitrogens with one attached hydrogen (secondary N) is 1. The average molecular weight is 163 g/mol. The summed E-state index contributed by atoms with van der Waals surface area (Å²) < 4.78 is 1.49. The van der Waals surface area contributed by atoms with Crippen LogP contribution in [-0.4, -0.2) is 14.4 Å². The van der Waals surface area contributed by atoms with E-state index in [2.05, 4.69) is 9.97 Å². The van der Waals surface area contributed by atoms with Crippen molar-refractivity contribution < 1.29 is 0 Å². The number of aromatic nitrogens is 3. The highest BCUT2D eigenvalue weighted by Gasteiger charge is 1.99. The standard InChI is InChI=1S/C8H9N3O/c1-2-6-5-7(12)11-4-3-9-8(11)10-6/h3-5H,2H2,1H3,(H,9,10). The lowest BCUT2D eigenvalue weighted by Crippen LogP contribution is -2.13. The molecule has 0 amide bonds. The van der Waals surface area contributed by atoms with Crippen LogP contribution in [0.2, 0.25) is 0 Å². The van der Waals surface area contributed by atoms with Crippen LogP contribution in [0.1, 0.15) is 12.6 Å². The van der Waals surface area contributed by atoms with Gasteiger partial charge in [0.2, 0.25) is 5.78 Å². The highest BCUT2D eigenvalue weighted by atomic mass is 16.1. The number of aromatic amines is 1. The minimum absolute atomic E-state index is 0.0295. The smallest absolute Gasteiger partial charge is 0.259 e. The Kier molecular flexibility index (Phi) is 1.46. The second kappa shape index (κ2) is 2.48. The van der Waals surface area contributed by atoms with Crippen LogP contribution in [0.25, 0.3) is 5.78 Å². The van der Waals surface area contributed by atoms with Gasteiger partial charge in [0.15, 0.2) is 0 Å². The second-order valence-corrected chi connectivity index (χ2v) is 2.59. The molecule has 0 aliphatic rings. The predicted molar refractivity (Wildman–Crippen MR) is 45.2 cm³/mol. The van der Waals surface area contributed by atoms with E-state index in [0.717, 1.165) is 12.1 Å². The minimum atomic E-state index is -0.0295. The van der Waals surface area contributed by atoms with Gasteiger partial charge in [-0.2, -0.15) is 0 Å². The van der Waals surface area contributed by atoms with E-state index < -0.39 is 0 Å². The van der Waals surface area contributed by atoms with Crippen molar-refractivity contribution in [3.63, 3.8) is 0 Å². The number of rotatable bonds is 1. The third-order valence-corrected chi connectivity index (χ3v) is 1.80. The molecule has 62 valence electrons. The van der Waals surface area contributed by atoms with Gasteiger partial charge in [-0.1, -0.05) is 6.92 Å². The minimum Gasteiger partial charge on any atom is -0.330 e. The third-order valence-electron chi connectivity index (χ3n) is 1.80. The van der Waals surface area contributed by atoms with Crippen LogP contribution >= 0.6 is 0 Å². The zero-order valence-electron chi connectivity index (χ0n) is 6.74. The number of hydrogen-bond donors (Lipinski definition) is 1. The summed E-state index contributed by atoms with van der Waals surface area (Å²) in [5, 5.41) is 0. The van der Waals surface area contributed by atoms with Gasteiger partial charge in [-0.3, -0.25) is 9.20 Å². The van der Waals surface area contributed by atoms with Crippen molar-refractivity contribution in [1.82, 2.24) is 14.4 Å². The molecule has 2 rings (SSSR count). The van der Waals surface area contributed by atoms with Crippen molar-refractivity contribution in [2.75, 3.05) is 0 Å². The summed E-state index contributed by atoms with van der Waals surface area (Å²) in [7, 11) is 0. The molecular formula is C8H9N3O. The van der Waals surface area contributed by atoms with Crippen molar-refractivity contribution in [2.24, 2.45) is 0 Å². The lowest BCUT2D eigenvalue weighted by Gasteiger charge is -1.94. The fraction of sp³-hybridized carbons (Fsp3) is 0.250. The van der Waals surface area contributed by atoms with Gasteiger partial charge >= 0.3 is 0 Å². The average Bonchev–Trinajstić information content (AvgIpc) is 2.52. The third kappa shape index (κ3) is 0.922. The molecule has 1 N–H and O–H groups in total. The zero-order chi connectivity index (χ0) is 8.55. The van der Waals surface area contributed by atoms with Gasteiger partial charge in [0.05, 0.1) is 0 Å². The number of aryl methyl sites for hydroxylation is 1. The van der Waals surface area contributed by atoms with Crippen molar-refractivity contribution in [3.05, 3.63) is 34.5 Å². The molecule has 0 atom stereocenters. The van der Waals surface area contributed by atoms with Gasteiger partial charge in [0.1, 0.15) is 0 Å². The molecule has 0 saturated heterocycles. The number of H-pyrrole nitrogens is 1. The van der Waals surface area contributed by atoms with Gasteiger partial charge < -0.3 is 4.98 Å². The Labute approximate surface area is 68.9 Å². The van der Waals surface area contributed by atoms with Crippen molar-refractivity contribution >= 4 is 5.78 Å². The SMILES string of the molecule is CCc1cc(=O)n2cc[nH]c2n1. The number of nitrogens with zero attached hydrogens (tertiary/aromatic N) is 2. The first-order valence-corrected chi connectivity index (χ1v) is 3.87. The maximum absolute atomic E-state index is 11.3. The summed E-state index contributed by atoms with van der Waals surface area (Å²) in [5.41, 5.74) is 0.792. The van der Waals surface area contributed by atoms with Gasteiger partial charge in [0, 0.05) is 24.2 Å². The molecule has 2 heterocycles. The van der Waals surface area contributed by atoms with E-state index >= 15 is 0 Å². The highest BCUT2D eigenvalue weighted by molar-refractivity contribution is 5.28.